The number of carbonyl (C=O) groups is 1. The van der Waals surface area contributed by atoms with E-state index in [0.717, 1.165) is 58.2 Å². The third kappa shape index (κ3) is 14.9. The Bertz CT molecular complexity index is 374. The van der Waals surface area contributed by atoms with Crippen molar-refractivity contribution in [2.75, 3.05) is 26.8 Å². The first-order valence-electron chi connectivity index (χ1n) is 13.4. The van der Waals surface area contributed by atoms with Crippen molar-refractivity contribution in [3.63, 3.8) is 0 Å². The van der Waals surface area contributed by atoms with E-state index in [-0.39, 0.29) is 12.2 Å². The summed E-state index contributed by atoms with van der Waals surface area (Å²) < 4.78 is 12.5. The van der Waals surface area contributed by atoms with Gasteiger partial charge in [-0.3, -0.25) is 4.79 Å². The fourth-order valence-corrected chi connectivity index (χ4v) is 4.80. The molecule has 32 heavy (non-hydrogen) atoms. The Balaban J connectivity index is 4.69. The van der Waals surface area contributed by atoms with Crippen LogP contribution in [-0.2, 0) is 14.3 Å². The first-order valence-corrected chi connectivity index (χ1v) is 13.4. The number of methoxy groups -OCH3 is 1. The van der Waals surface area contributed by atoms with Crippen LogP contribution >= 0.6 is 0 Å². The van der Waals surface area contributed by atoms with Crippen LogP contribution in [-0.4, -0.2) is 45.4 Å². The molecule has 0 radical (unpaired) electrons. The zero-order valence-electron chi connectivity index (χ0n) is 21.7. The zero-order valence-corrected chi connectivity index (χ0v) is 21.7. The molecule has 0 saturated carbocycles. The lowest BCUT2D eigenvalue weighted by atomic mass is 9.78. The first kappa shape index (κ1) is 30.9. The van der Waals surface area contributed by atoms with Crippen LogP contribution in [0.2, 0.25) is 0 Å². The van der Waals surface area contributed by atoms with Crippen molar-refractivity contribution >= 4 is 6.41 Å². The van der Waals surface area contributed by atoms with Crippen LogP contribution in [0, 0.1) is 11.8 Å². The summed E-state index contributed by atoms with van der Waals surface area (Å²) in [4.78, 5) is 10.3. The molecule has 190 valence electrons. The van der Waals surface area contributed by atoms with E-state index in [0.29, 0.717) is 11.8 Å². The summed E-state index contributed by atoms with van der Waals surface area (Å²) in [6.07, 6.45) is 18.3. The van der Waals surface area contributed by atoms with E-state index < -0.39 is 0 Å². The van der Waals surface area contributed by atoms with Gasteiger partial charge in [0.15, 0.2) is 0 Å². The van der Waals surface area contributed by atoms with Gasteiger partial charge in [0.25, 0.3) is 0 Å². The molecule has 0 aromatic rings. The van der Waals surface area contributed by atoms with Crippen LogP contribution in [0.1, 0.15) is 104 Å². The number of hydrogen-bond donors (Lipinski definition) is 2. The van der Waals surface area contributed by atoms with Crippen LogP contribution in [0.4, 0.5) is 0 Å². The molecule has 3 atom stereocenters. The Morgan fingerprint density at radius 1 is 0.812 bits per heavy atom. The quantitative estimate of drug-likeness (QED) is 0.127. The maximum Gasteiger partial charge on any atom is 0.207 e. The van der Waals surface area contributed by atoms with Gasteiger partial charge in [0.2, 0.25) is 6.41 Å². The fourth-order valence-electron chi connectivity index (χ4n) is 4.80. The Labute approximate surface area is 199 Å². The molecule has 0 aliphatic heterocycles. The second kappa shape index (κ2) is 23.1. The Morgan fingerprint density at radius 3 is 1.97 bits per heavy atom. The van der Waals surface area contributed by atoms with Crippen molar-refractivity contribution in [3.8, 4) is 0 Å². The van der Waals surface area contributed by atoms with Gasteiger partial charge >= 0.3 is 0 Å². The van der Waals surface area contributed by atoms with Crippen molar-refractivity contribution < 1.29 is 14.3 Å². The second-order valence-corrected chi connectivity index (χ2v) is 8.96. The van der Waals surface area contributed by atoms with E-state index in [2.05, 4.69) is 38.0 Å². The Morgan fingerprint density at radius 2 is 1.41 bits per heavy atom. The molecule has 0 aliphatic rings. The molecule has 3 unspecified atom stereocenters. The molecule has 0 spiro atoms. The van der Waals surface area contributed by atoms with Gasteiger partial charge in [0, 0.05) is 26.8 Å². The molecule has 0 rings (SSSR count). The van der Waals surface area contributed by atoms with E-state index >= 15 is 0 Å². The number of unbranched alkanes of at least 4 members (excludes halogenated alkanes) is 7. The molecular weight excluding hydrogens is 400 g/mol. The van der Waals surface area contributed by atoms with Gasteiger partial charge in [-0.2, -0.15) is 0 Å². The lowest BCUT2D eigenvalue weighted by Gasteiger charge is -2.37. The minimum atomic E-state index is 0.169. The van der Waals surface area contributed by atoms with Crippen molar-refractivity contribution in [2.24, 2.45) is 11.8 Å². The van der Waals surface area contributed by atoms with Gasteiger partial charge in [-0.15, -0.1) is 0 Å². The van der Waals surface area contributed by atoms with E-state index in [9.17, 15) is 4.79 Å². The predicted molar refractivity (Wildman–Crippen MR) is 137 cm³/mol. The van der Waals surface area contributed by atoms with Crippen molar-refractivity contribution in [2.45, 2.75) is 116 Å². The summed E-state index contributed by atoms with van der Waals surface area (Å²) in [5.41, 5.74) is 0. The summed E-state index contributed by atoms with van der Waals surface area (Å²) >= 11 is 0. The summed E-state index contributed by atoms with van der Waals surface area (Å²) in [6, 6.07) is 0. The molecule has 0 fully saturated rings. The average Bonchev–Trinajstić information content (AvgIpc) is 2.81. The number of amides is 1. The molecule has 1 amide bonds. The standard InChI is InChI=1S/C27H54N2O3/c1-6-24(7-2)25(19-15-11-10-12-16-20-28-9-4)27(26(8-3)31-5)32-22-18-14-13-17-21-29-23-30/h9,23-28H,4,6-8,10-22H2,1-3,5H3,(H,29,30). The van der Waals surface area contributed by atoms with Crippen molar-refractivity contribution in [1.82, 2.24) is 10.6 Å². The monoisotopic (exact) mass is 454 g/mol. The van der Waals surface area contributed by atoms with Gasteiger partial charge in [-0.05, 0) is 50.1 Å². The predicted octanol–water partition coefficient (Wildman–Crippen LogP) is 6.23. The zero-order chi connectivity index (χ0) is 23.9. The molecule has 0 aromatic carbocycles. The first-order chi connectivity index (χ1) is 15.7. The molecule has 0 saturated heterocycles. The molecule has 0 aromatic heterocycles. The molecule has 5 nitrogen and oxygen atoms in total. The van der Waals surface area contributed by atoms with Crippen LogP contribution in [0.25, 0.3) is 0 Å². The van der Waals surface area contributed by atoms with Gasteiger partial charge in [0.05, 0.1) is 12.2 Å². The van der Waals surface area contributed by atoms with Crippen LogP contribution in [0.5, 0.6) is 0 Å². The third-order valence-corrected chi connectivity index (χ3v) is 6.76. The van der Waals surface area contributed by atoms with Crippen LogP contribution in [0.15, 0.2) is 12.8 Å². The number of hydrogen-bond acceptors (Lipinski definition) is 4. The van der Waals surface area contributed by atoms with Gasteiger partial charge in [-0.25, -0.2) is 0 Å². The van der Waals surface area contributed by atoms with Crippen LogP contribution in [0.3, 0.4) is 0 Å². The van der Waals surface area contributed by atoms with Gasteiger partial charge in [0.1, 0.15) is 0 Å². The minimum absolute atomic E-state index is 0.169. The number of ether oxygens (including phenoxy) is 2. The van der Waals surface area contributed by atoms with E-state index in [1.54, 1.807) is 6.20 Å². The summed E-state index contributed by atoms with van der Waals surface area (Å²) in [5.74, 6) is 1.25. The smallest absolute Gasteiger partial charge is 0.207 e. The van der Waals surface area contributed by atoms with Crippen molar-refractivity contribution in [1.29, 1.82) is 0 Å². The topological polar surface area (TPSA) is 59.6 Å². The lowest BCUT2D eigenvalue weighted by molar-refractivity contribution is -0.109. The summed E-state index contributed by atoms with van der Waals surface area (Å²) in [5, 5.41) is 5.92. The van der Waals surface area contributed by atoms with E-state index in [4.69, 9.17) is 9.47 Å². The molecule has 5 heteroatoms. The maximum atomic E-state index is 10.3. The van der Waals surface area contributed by atoms with Gasteiger partial charge in [-0.1, -0.05) is 78.7 Å². The molecule has 2 N–H and O–H groups in total. The van der Waals surface area contributed by atoms with E-state index in [1.807, 2.05) is 7.11 Å². The van der Waals surface area contributed by atoms with E-state index in [1.165, 1.54) is 51.4 Å². The summed E-state index contributed by atoms with van der Waals surface area (Å²) in [6.45, 7) is 13.2. The number of rotatable bonds is 25. The highest BCUT2D eigenvalue weighted by atomic mass is 16.5. The maximum absolute atomic E-state index is 10.3. The largest absolute Gasteiger partial charge is 0.391 e. The number of carbonyl (C=O) groups excluding carboxylic acids is 1. The average molecular weight is 455 g/mol. The Hall–Kier alpha value is -1.07. The number of nitrogens with one attached hydrogen (secondary N) is 2. The normalized spacial score (nSPS) is 14.2. The van der Waals surface area contributed by atoms with Crippen molar-refractivity contribution in [3.05, 3.63) is 12.8 Å². The molecule has 0 heterocycles. The summed E-state index contributed by atoms with van der Waals surface area (Å²) in [7, 11) is 1.84. The highest BCUT2D eigenvalue weighted by molar-refractivity contribution is 5.45. The highest BCUT2D eigenvalue weighted by Crippen LogP contribution is 2.33. The van der Waals surface area contributed by atoms with Gasteiger partial charge < -0.3 is 20.1 Å². The Kier molecular flexibility index (Phi) is 22.3. The molecular formula is C27H54N2O3. The molecule has 0 aliphatic carbocycles. The molecule has 0 bridgehead atoms. The lowest BCUT2D eigenvalue weighted by Crippen LogP contribution is -2.40. The minimum Gasteiger partial charge on any atom is -0.391 e. The second-order valence-electron chi connectivity index (χ2n) is 8.96. The SMILES string of the molecule is C=CNCCCCCCCC(C(CC)CC)C(OCCCCCCNC=O)C(CC)OC. The fraction of sp³-hybridized carbons (Fsp3) is 0.889. The third-order valence-electron chi connectivity index (χ3n) is 6.76. The van der Waals surface area contributed by atoms with Crippen LogP contribution < -0.4 is 10.6 Å². The highest BCUT2D eigenvalue weighted by Gasteiger charge is 2.33.